The molecule has 6 heteroatoms. The lowest BCUT2D eigenvalue weighted by Gasteiger charge is -2.27. The highest BCUT2D eigenvalue weighted by Crippen LogP contribution is 2.16. The number of nitrogens with zero attached hydrogens (tertiary/aromatic N) is 2. The molecule has 0 radical (unpaired) electrons. The molecule has 6 nitrogen and oxygen atoms in total. The SMILES string of the molecule is CC(C)C[C@@H](C)N(C)C(=O)Nc1cccc(C(=O)N2CCOCC2)c1. The van der Waals surface area contributed by atoms with Crippen LogP contribution >= 0.6 is 0 Å². The van der Waals surface area contributed by atoms with Gasteiger partial charge in [-0.05, 0) is 37.5 Å². The summed E-state index contributed by atoms with van der Waals surface area (Å²) < 4.78 is 5.28. The lowest BCUT2D eigenvalue weighted by molar-refractivity contribution is 0.0303. The van der Waals surface area contributed by atoms with Gasteiger partial charge >= 0.3 is 6.03 Å². The average Bonchev–Trinajstić information content (AvgIpc) is 2.60. The van der Waals surface area contributed by atoms with Crippen LogP contribution in [0, 0.1) is 5.92 Å². The second-order valence-electron chi connectivity index (χ2n) is 7.01. The fourth-order valence-electron chi connectivity index (χ4n) is 2.93. The number of morpholine rings is 1. The fourth-order valence-corrected chi connectivity index (χ4v) is 2.93. The first-order chi connectivity index (χ1) is 11.9. The summed E-state index contributed by atoms with van der Waals surface area (Å²) in [4.78, 5) is 28.5. The molecule has 1 N–H and O–H groups in total. The topological polar surface area (TPSA) is 61.9 Å². The van der Waals surface area contributed by atoms with Crippen LogP contribution in [0.15, 0.2) is 24.3 Å². The van der Waals surface area contributed by atoms with Gasteiger partial charge in [0, 0.05) is 37.4 Å². The summed E-state index contributed by atoms with van der Waals surface area (Å²) in [6, 6.07) is 7.09. The minimum atomic E-state index is -0.163. The minimum Gasteiger partial charge on any atom is -0.378 e. The van der Waals surface area contributed by atoms with Crippen LogP contribution in [-0.2, 0) is 4.74 Å². The minimum absolute atomic E-state index is 0.0269. The average molecular weight is 347 g/mol. The van der Waals surface area contributed by atoms with Gasteiger partial charge in [-0.25, -0.2) is 4.79 Å². The molecule has 0 aromatic heterocycles. The highest BCUT2D eigenvalue weighted by atomic mass is 16.5. The number of anilines is 1. The number of ether oxygens (including phenoxy) is 1. The third kappa shape index (κ3) is 5.46. The Balaban J connectivity index is 2.00. The second kappa shape index (κ2) is 8.85. The maximum atomic E-state index is 12.5. The van der Waals surface area contributed by atoms with Crippen molar-refractivity contribution in [3.63, 3.8) is 0 Å². The van der Waals surface area contributed by atoms with Crippen molar-refractivity contribution >= 4 is 17.6 Å². The normalized spacial score (nSPS) is 15.8. The van der Waals surface area contributed by atoms with Crippen molar-refractivity contribution in [2.75, 3.05) is 38.7 Å². The Hall–Kier alpha value is -2.08. The van der Waals surface area contributed by atoms with Crippen molar-refractivity contribution in [3.8, 4) is 0 Å². The van der Waals surface area contributed by atoms with E-state index in [4.69, 9.17) is 4.74 Å². The van der Waals surface area contributed by atoms with Gasteiger partial charge < -0.3 is 19.9 Å². The van der Waals surface area contributed by atoms with E-state index in [1.807, 2.05) is 6.92 Å². The first-order valence-electron chi connectivity index (χ1n) is 8.89. The summed E-state index contributed by atoms with van der Waals surface area (Å²) in [6.45, 7) is 8.67. The van der Waals surface area contributed by atoms with Gasteiger partial charge in [-0.15, -0.1) is 0 Å². The van der Waals surface area contributed by atoms with E-state index in [0.717, 1.165) is 6.42 Å². The Morgan fingerprint density at radius 1 is 1.24 bits per heavy atom. The fraction of sp³-hybridized carbons (Fsp3) is 0.579. The summed E-state index contributed by atoms with van der Waals surface area (Å²) in [5.74, 6) is 0.501. The van der Waals surface area contributed by atoms with Crippen molar-refractivity contribution in [2.24, 2.45) is 5.92 Å². The van der Waals surface area contributed by atoms with Crippen LogP contribution in [-0.4, -0.2) is 61.1 Å². The number of hydrogen-bond acceptors (Lipinski definition) is 3. The molecule has 0 bridgehead atoms. The predicted octanol–water partition coefficient (Wildman–Crippen LogP) is 3.06. The summed E-state index contributed by atoms with van der Waals surface area (Å²) in [5.41, 5.74) is 1.21. The molecule has 1 aromatic rings. The maximum absolute atomic E-state index is 12.5. The molecular weight excluding hydrogens is 318 g/mol. The maximum Gasteiger partial charge on any atom is 0.321 e. The Labute approximate surface area is 150 Å². The molecule has 1 heterocycles. The number of amides is 3. The van der Waals surface area contributed by atoms with E-state index in [-0.39, 0.29) is 18.0 Å². The monoisotopic (exact) mass is 347 g/mol. The number of carbonyl (C=O) groups excluding carboxylic acids is 2. The van der Waals surface area contributed by atoms with E-state index in [1.54, 1.807) is 41.1 Å². The molecule has 0 unspecified atom stereocenters. The van der Waals surface area contributed by atoms with Crippen LogP contribution in [0.25, 0.3) is 0 Å². The van der Waals surface area contributed by atoms with Gasteiger partial charge in [0.05, 0.1) is 13.2 Å². The highest BCUT2D eigenvalue weighted by Gasteiger charge is 2.20. The molecule has 0 saturated carbocycles. The zero-order valence-electron chi connectivity index (χ0n) is 15.6. The van der Waals surface area contributed by atoms with Crippen molar-refractivity contribution in [2.45, 2.75) is 33.2 Å². The molecule has 0 aliphatic carbocycles. The van der Waals surface area contributed by atoms with E-state index in [9.17, 15) is 9.59 Å². The van der Waals surface area contributed by atoms with Gasteiger partial charge in [-0.1, -0.05) is 19.9 Å². The molecule has 1 saturated heterocycles. The van der Waals surface area contributed by atoms with E-state index in [0.29, 0.717) is 43.5 Å². The number of hydrogen-bond donors (Lipinski definition) is 1. The van der Waals surface area contributed by atoms with Gasteiger partial charge in [-0.3, -0.25) is 4.79 Å². The van der Waals surface area contributed by atoms with Gasteiger partial charge in [0.1, 0.15) is 0 Å². The van der Waals surface area contributed by atoms with Crippen LogP contribution in [0.3, 0.4) is 0 Å². The molecular formula is C19H29N3O3. The summed E-state index contributed by atoms with van der Waals surface area (Å²) in [7, 11) is 1.80. The van der Waals surface area contributed by atoms with Gasteiger partial charge in [0.25, 0.3) is 5.91 Å². The van der Waals surface area contributed by atoms with Gasteiger partial charge in [0.2, 0.25) is 0 Å². The predicted molar refractivity (Wildman–Crippen MR) is 98.9 cm³/mol. The molecule has 1 atom stereocenters. The molecule has 1 aliphatic heterocycles. The van der Waals surface area contributed by atoms with Crippen LogP contribution in [0.2, 0.25) is 0 Å². The van der Waals surface area contributed by atoms with Crippen molar-refractivity contribution in [1.82, 2.24) is 9.80 Å². The molecule has 3 amide bonds. The van der Waals surface area contributed by atoms with Crippen LogP contribution in [0.1, 0.15) is 37.6 Å². The summed E-state index contributed by atoms with van der Waals surface area (Å²) in [5, 5.41) is 2.89. The number of benzene rings is 1. The number of urea groups is 1. The van der Waals surface area contributed by atoms with Crippen LogP contribution in [0.5, 0.6) is 0 Å². The zero-order valence-corrected chi connectivity index (χ0v) is 15.6. The molecule has 25 heavy (non-hydrogen) atoms. The quantitative estimate of drug-likeness (QED) is 0.890. The highest BCUT2D eigenvalue weighted by molar-refractivity contribution is 5.97. The van der Waals surface area contributed by atoms with E-state index < -0.39 is 0 Å². The molecule has 1 aromatic carbocycles. The molecule has 0 spiro atoms. The lowest BCUT2D eigenvalue weighted by atomic mass is 10.0. The molecule has 2 rings (SSSR count). The standard InChI is InChI=1S/C19H29N3O3/c1-14(2)12-15(3)21(4)19(24)20-17-7-5-6-16(13-17)18(23)22-8-10-25-11-9-22/h5-7,13-15H,8-12H2,1-4H3,(H,20,24)/t15-/m1/s1. The largest absolute Gasteiger partial charge is 0.378 e. The Bertz CT molecular complexity index is 597. The first-order valence-corrected chi connectivity index (χ1v) is 8.89. The Kier molecular flexibility index (Phi) is 6.82. The smallest absolute Gasteiger partial charge is 0.321 e. The van der Waals surface area contributed by atoms with E-state index in [1.165, 1.54) is 0 Å². The number of carbonyl (C=O) groups is 2. The van der Waals surface area contributed by atoms with Crippen molar-refractivity contribution in [1.29, 1.82) is 0 Å². The van der Waals surface area contributed by atoms with Crippen LogP contribution < -0.4 is 5.32 Å². The number of nitrogens with one attached hydrogen (secondary N) is 1. The van der Waals surface area contributed by atoms with Gasteiger partial charge in [-0.2, -0.15) is 0 Å². The molecule has 138 valence electrons. The Morgan fingerprint density at radius 2 is 1.92 bits per heavy atom. The second-order valence-corrected chi connectivity index (χ2v) is 7.01. The molecule has 1 fully saturated rings. The third-order valence-electron chi connectivity index (χ3n) is 4.45. The Morgan fingerprint density at radius 3 is 2.56 bits per heavy atom. The van der Waals surface area contributed by atoms with E-state index in [2.05, 4.69) is 19.2 Å². The number of rotatable bonds is 5. The summed E-state index contributed by atoms with van der Waals surface area (Å²) >= 11 is 0. The summed E-state index contributed by atoms with van der Waals surface area (Å²) in [6.07, 6.45) is 0.944. The zero-order chi connectivity index (χ0) is 18.4. The van der Waals surface area contributed by atoms with Gasteiger partial charge in [0.15, 0.2) is 0 Å². The first kappa shape index (κ1) is 19.2. The van der Waals surface area contributed by atoms with Crippen molar-refractivity contribution in [3.05, 3.63) is 29.8 Å². The van der Waals surface area contributed by atoms with Crippen molar-refractivity contribution < 1.29 is 14.3 Å². The molecule has 1 aliphatic rings. The lowest BCUT2D eigenvalue weighted by Crippen LogP contribution is -2.40. The van der Waals surface area contributed by atoms with E-state index >= 15 is 0 Å². The third-order valence-corrected chi connectivity index (χ3v) is 4.45. The van der Waals surface area contributed by atoms with Crippen LogP contribution in [0.4, 0.5) is 10.5 Å².